The molecule has 0 saturated carbocycles. The Balaban J connectivity index is 2.13. The van der Waals surface area contributed by atoms with E-state index in [4.69, 9.17) is 10.8 Å². The molecular weight excluding hydrogens is 188 g/mol. The number of benzene rings is 1. The van der Waals surface area contributed by atoms with Crippen molar-refractivity contribution in [3.63, 3.8) is 0 Å². The summed E-state index contributed by atoms with van der Waals surface area (Å²) in [5.41, 5.74) is 7.87. The molecular formula is C12H18N2O. The van der Waals surface area contributed by atoms with E-state index in [0.29, 0.717) is 5.92 Å². The fraction of sp³-hybridized carbons (Fsp3) is 0.500. The van der Waals surface area contributed by atoms with Crippen molar-refractivity contribution >= 4 is 11.4 Å². The van der Waals surface area contributed by atoms with E-state index in [1.807, 2.05) is 18.2 Å². The maximum atomic E-state index is 9.17. The highest BCUT2D eigenvalue weighted by atomic mass is 16.3. The van der Waals surface area contributed by atoms with Gasteiger partial charge in [-0.05, 0) is 30.9 Å². The summed E-state index contributed by atoms with van der Waals surface area (Å²) in [6, 6.07) is 7.94. The van der Waals surface area contributed by atoms with Crippen LogP contribution in [-0.4, -0.2) is 24.8 Å². The molecule has 0 radical (unpaired) electrons. The first kappa shape index (κ1) is 10.3. The molecule has 1 fully saturated rings. The van der Waals surface area contributed by atoms with E-state index in [9.17, 15) is 0 Å². The number of rotatable bonds is 2. The maximum Gasteiger partial charge on any atom is 0.0600 e. The standard InChI is InChI=1S/C12H18N2O/c13-11-5-1-2-6-12(11)14-7-3-4-10(8-14)9-15/h1-2,5-6,10,15H,3-4,7-9,13H2. The lowest BCUT2D eigenvalue weighted by molar-refractivity contribution is 0.209. The van der Waals surface area contributed by atoms with Crippen LogP contribution in [-0.2, 0) is 0 Å². The van der Waals surface area contributed by atoms with Gasteiger partial charge in [-0.1, -0.05) is 12.1 Å². The van der Waals surface area contributed by atoms with E-state index in [0.717, 1.165) is 37.3 Å². The molecule has 15 heavy (non-hydrogen) atoms. The summed E-state index contributed by atoms with van der Waals surface area (Å²) >= 11 is 0. The summed E-state index contributed by atoms with van der Waals surface area (Å²) in [6.45, 7) is 2.25. The van der Waals surface area contributed by atoms with Crippen molar-refractivity contribution in [3.05, 3.63) is 24.3 Å². The molecule has 1 aromatic rings. The summed E-state index contributed by atoms with van der Waals surface area (Å²) in [6.07, 6.45) is 2.26. The van der Waals surface area contributed by atoms with E-state index in [-0.39, 0.29) is 6.61 Å². The second-order valence-electron chi connectivity index (χ2n) is 4.20. The normalized spacial score (nSPS) is 21.7. The third-order valence-corrected chi connectivity index (χ3v) is 3.05. The molecule has 0 aromatic heterocycles. The van der Waals surface area contributed by atoms with Crippen molar-refractivity contribution in [2.75, 3.05) is 30.3 Å². The third-order valence-electron chi connectivity index (χ3n) is 3.05. The fourth-order valence-corrected chi connectivity index (χ4v) is 2.21. The molecule has 3 heteroatoms. The Morgan fingerprint density at radius 1 is 1.40 bits per heavy atom. The van der Waals surface area contributed by atoms with Gasteiger partial charge in [0.15, 0.2) is 0 Å². The van der Waals surface area contributed by atoms with Crippen LogP contribution in [0, 0.1) is 5.92 Å². The molecule has 3 N–H and O–H groups in total. The van der Waals surface area contributed by atoms with Crippen LogP contribution in [0.15, 0.2) is 24.3 Å². The highest BCUT2D eigenvalue weighted by Crippen LogP contribution is 2.27. The molecule has 1 unspecified atom stereocenters. The van der Waals surface area contributed by atoms with Crippen molar-refractivity contribution in [1.82, 2.24) is 0 Å². The van der Waals surface area contributed by atoms with Crippen LogP contribution in [0.4, 0.5) is 11.4 Å². The zero-order chi connectivity index (χ0) is 10.7. The second-order valence-corrected chi connectivity index (χ2v) is 4.20. The SMILES string of the molecule is Nc1ccccc1N1CCCC(CO)C1. The quantitative estimate of drug-likeness (QED) is 0.721. The molecule has 1 aliphatic rings. The van der Waals surface area contributed by atoms with Crippen LogP contribution in [0.1, 0.15) is 12.8 Å². The van der Waals surface area contributed by atoms with Gasteiger partial charge in [0.25, 0.3) is 0 Å². The molecule has 1 saturated heterocycles. The van der Waals surface area contributed by atoms with Crippen LogP contribution >= 0.6 is 0 Å². The minimum absolute atomic E-state index is 0.281. The highest BCUT2D eigenvalue weighted by molar-refractivity contribution is 5.67. The van der Waals surface area contributed by atoms with E-state index < -0.39 is 0 Å². The van der Waals surface area contributed by atoms with Crippen LogP contribution in [0.25, 0.3) is 0 Å². The maximum absolute atomic E-state index is 9.17. The largest absolute Gasteiger partial charge is 0.397 e. The van der Waals surface area contributed by atoms with Gasteiger partial charge in [0, 0.05) is 19.7 Å². The van der Waals surface area contributed by atoms with E-state index >= 15 is 0 Å². The number of aliphatic hydroxyl groups excluding tert-OH is 1. The highest BCUT2D eigenvalue weighted by Gasteiger charge is 2.20. The van der Waals surface area contributed by atoms with Crippen molar-refractivity contribution in [2.24, 2.45) is 5.92 Å². The van der Waals surface area contributed by atoms with Crippen LogP contribution in [0.5, 0.6) is 0 Å². The van der Waals surface area contributed by atoms with Gasteiger partial charge in [0.05, 0.1) is 11.4 Å². The summed E-state index contributed by atoms with van der Waals surface area (Å²) < 4.78 is 0. The molecule has 1 heterocycles. The lowest BCUT2D eigenvalue weighted by atomic mass is 9.98. The number of para-hydroxylation sites is 2. The van der Waals surface area contributed by atoms with E-state index in [2.05, 4.69) is 11.0 Å². The van der Waals surface area contributed by atoms with Gasteiger partial charge < -0.3 is 15.7 Å². The second kappa shape index (κ2) is 4.53. The summed E-state index contributed by atoms with van der Waals surface area (Å²) in [7, 11) is 0. The number of nitrogens with two attached hydrogens (primary N) is 1. The van der Waals surface area contributed by atoms with Gasteiger partial charge in [-0.2, -0.15) is 0 Å². The molecule has 0 aliphatic carbocycles. The monoisotopic (exact) mass is 206 g/mol. The first-order valence-electron chi connectivity index (χ1n) is 5.51. The number of anilines is 2. The number of hydrogen-bond donors (Lipinski definition) is 2. The van der Waals surface area contributed by atoms with Gasteiger partial charge in [-0.3, -0.25) is 0 Å². The topological polar surface area (TPSA) is 49.5 Å². The van der Waals surface area contributed by atoms with Crippen LogP contribution in [0.2, 0.25) is 0 Å². The molecule has 1 aliphatic heterocycles. The average Bonchev–Trinajstić information content (AvgIpc) is 2.30. The summed E-state index contributed by atoms with van der Waals surface area (Å²) in [5, 5.41) is 9.17. The smallest absolute Gasteiger partial charge is 0.0600 e. The Labute approximate surface area is 90.5 Å². The minimum Gasteiger partial charge on any atom is -0.397 e. The molecule has 82 valence electrons. The van der Waals surface area contributed by atoms with Crippen molar-refractivity contribution in [2.45, 2.75) is 12.8 Å². The molecule has 3 nitrogen and oxygen atoms in total. The minimum atomic E-state index is 0.281. The van der Waals surface area contributed by atoms with Crippen molar-refractivity contribution in [1.29, 1.82) is 0 Å². The Morgan fingerprint density at radius 3 is 2.93 bits per heavy atom. The van der Waals surface area contributed by atoms with Crippen molar-refractivity contribution < 1.29 is 5.11 Å². The zero-order valence-electron chi connectivity index (χ0n) is 8.89. The summed E-state index contributed by atoms with van der Waals surface area (Å²) in [5.74, 6) is 0.401. The van der Waals surface area contributed by atoms with Gasteiger partial charge in [-0.25, -0.2) is 0 Å². The lowest BCUT2D eigenvalue weighted by Crippen LogP contribution is -2.37. The predicted molar refractivity (Wildman–Crippen MR) is 62.9 cm³/mol. The molecule has 0 spiro atoms. The lowest BCUT2D eigenvalue weighted by Gasteiger charge is -2.34. The summed E-state index contributed by atoms with van der Waals surface area (Å²) in [4.78, 5) is 2.28. The van der Waals surface area contributed by atoms with Gasteiger partial charge in [-0.15, -0.1) is 0 Å². The van der Waals surface area contributed by atoms with E-state index in [1.54, 1.807) is 0 Å². The molecule has 1 aromatic carbocycles. The predicted octanol–water partition coefficient (Wildman–Crippen LogP) is 1.48. The number of piperidine rings is 1. The Hall–Kier alpha value is -1.22. The zero-order valence-corrected chi connectivity index (χ0v) is 8.89. The van der Waals surface area contributed by atoms with Crippen molar-refractivity contribution in [3.8, 4) is 0 Å². The van der Waals surface area contributed by atoms with Crippen LogP contribution in [0.3, 0.4) is 0 Å². The Morgan fingerprint density at radius 2 is 2.20 bits per heavy atom. The molecule has 2 rings (SSSR count). The van der Waals surface area contributed by atoms with Gasteiger partial charge in [0.2, 0.25) is 0 Å². The molecule has 0 bridgehead atoms. The Kier molecular flexibility index (Phi) is 3.11. The number of hydrogen-bond acceptors (Lipinski definition) is 3. The van der Waals surface area contributed by atoms with Crippen LogP contribution < -0.4 is 10.6 Å². The van der Waals surface area contributed by atoms with Gasteiger partial charge in [0.1, 0.15) is 0 Å². The first-order chi connectivity index (χ1) is 7.31. The third kappa shape index (κ3) is 2.23. The number of nitrogen functional groups attached to an aromatic ring is 1. The van der Waals surface area contributed by atoms with Gasteiger partial charge >= 0.3 is 0 Å². The number of nitrogens with zero attached hydrogens (tertiary/aromatic N) is 1. The molecule has 1 atom stereocenters. The Bertz CT molecular complexity index is 327. The first-order valence-corrected chi connectivity index (χ1v) is 5.51. The molecule has 0 amide bonds. The fourth-order valence-electron chi connectivity index (χ4n) is 2.21. The average molecular weight is 206 g/mol. The number of aliphatic hydroxyl groups is 1. The van der Waals surface area contributed by atoms with E-state index in [1.165, 1.54) is 0 Å².